The fourth-order valence-corrected chi connectivity index (χ4v) is 2.27. The lowest BCUT2D eigenvalue weighted by molar-refractivity contribution is 0.568. The van der Waals surface area contributed by atoms with Crippen LogP contribution in [0.3, 0.4) is 0 Å². The minimum atomic E-state index is -0.224. The summed E-state index contributed by atoms with van der Waals surface area (Å²) >= 11 is 3.29. The Morgan fingerprint density at radius 3 is 2.67 bits per heavy atom. The maximum absolute atomic E-state index is 13.2. The van der Waals surface area contributed by atoms with Gasteiger partial charge in [-0.25, -0.2) is 4.39 Å². The van der Waals surface area contributed by atoms with E-state index in [0.717, 1.165) is 10.0 Å². The molecule has 0 spiro atoms. The Morgan fingerprint density at radius 1 is 1.28 bits per heavy atom. The monoisotopic (exact) mass is 308 g/mol. The van der Waals surface area contributed by atoms with E-state index in [9.17, 15) is 4.39 Å². The topological polar surface area (TPSA) is 24.9 Å². The Kier molecular flexibility index (Phi) is 4.44. The second-order valence-corrected chi connectivity index (χ2v) is 5.08. The van der Waals surface area contributed by atoms with Crippen LogP contribution in [0.4, 0.5) is 4.39 Å². The van der Waals surface area contributed by atoms with E-state index in [2.05, 4.69) is 33.2 Å². The zero-order valence-electron chi connectivity index (χ0n) is 10.0. The van der Waals surface area contributed by atoms with E-state index in [4.69, 9.17) is 0 Å². The van der Waals surface area contributed by atoms with Crippen LogP contribution >= 0.6 is 15.9 Å². The SMILES string of the molecule is CC(NCc1cc(F)cc(Br)c1)c1ccncc1. The number of aromatic nitrogens is 1. The Morgan fingerprint density at radius 2 is 2.00 bits per heavy atom. The van der Waals surface area contributed by atoms with Gasteiger partial charge in [-0.2, -0.15) is 0 Å². The highest BCUT2D eigenvalue weighted by molar-refractivity contribution is 9.10. The van der Waals surface area contributed by atoms with Gasteiger partial charge in [0.2, 0.25) is 0 Å². The van der Waals surface area contributed by atoms with Crippen LogP contribution in [-0.2, 0) is 6.54 Å². The molecule has 0 radical (unpaired) electrons. The van der Waals surface area contributed by atoms with E-state index in [0.29, 0.717) is 6.54 Å². The third-order valence-electron chi connectivity index (χ3n) is 2.74. The number of benzene rings is 1. The molecule has 18 heavy (non-hydrogen) atoms. The molecule has 1 N–H and O–H groups in total. The second-order valence-electron chi connectivity index (χ2n) is 4.16. The molecular weight excluding hydrogens is 295 g/mol. The highest BCUT2D eigenvalue weighted by Gasteiger charge is 2.05. The molecule has 4 heteroatoms. The van der Waals surface area contributed by atoms with Crippen LogP contribution in [0.5, 0.6) is 0 Å². The van der Waals surface area contributed by atoms with Gasteiger partial charge in [0.25, 0.3) is 0 Å². The van der Waals surface area contributed by atoms with Crippen molar-refractivity contribution >= 4 is 15.9 Å². The van der Waals surface area contributed by atoms with Crippen LogP contribution in [0, 0.1) is 5.82 Å². The first-order chi connectivity index (χ1) is 8.65. The Hall–Kier alpha value is -1.26. The van der Waals surface area contributed by atoms with Gasteiger partial charge in [-0.1, -0.05) is 15.9 Å². The average Bonchev–Trinajstić information content (AvgIpc) is 2.36. The lowest BCUT2D eigenvalue weighted by atomic mass is 10.1. The van der Waals surface area contributed by atoms with Crippen molar-refractivity contribution in [1.29, 1.82) is 0 Å². The van der Waals surface area contributed by atoms with Gasteiger partial charge in [0, 0.05) is 29.5 Å². The average molecular weight is 309 g/mol. The predicted molar refractivity (Wildman–Crippen MR) is 73.6 cm³/mol. The summed E-state index contributed by atoms with van der Waals surface area (Å²) in [5, 5.41) is 3.35. The summed E-state index contributed by atoms with van der Waals surface area (Å²) < 4.78 is 14.0. The van der Waals surface area contributed by atoms with Gasteiger partial charge in [0.05, 0.1) is 0 Å². The molecule has 0 aliphatic rings. The quantitative estimate of drug-likeness (QED) is 0.928. The van der Waals surface area contributed by atoms with Crippen LogP contribution in [0.1, 0.15) is 24.1 Å². The molecule has 1 aromatic heterocycles. The van der Waals surface area contributed by atoms with Gasteiger partial charge in [0.15, 0.2) is 0 Å². The van der Waals surface area contributed by atoms with Gasteiger partial charge in [-0.05, 0) is 48.4 Å². The molecule has 0 saturated carbocycles. The van der Waals surface area contributed by atoms with Crippen molar-refractivity contribution in [2.75, 3.05) is 0 Å². The molecule has 0 amide bonds. The van der Waals surface area contributed by atoms with Gasteiger partial charge < -0.3 is 5.32 Å². The first-order valence-corrected chi connectivity index (χ1v) is 6.53. The minimum Gasteiger partial charge on any atom is -0.306 e. The molecule has 2 aromatic rings. The number of hydrogen-bond donors (Lipinski definition) is 1. The maximum atomic E-state index is 13.2. The van der Waals surface area contributed by atoms with Crippen molar-refractivity contribution in [2.45, 2.75) is 19.5 Å². The van der Waals surface area contributed by atoms with Crippen molar-refractivity contribution in [3.8, 4) is 0 Å². The van der Waals surface area contributed by atoms with E-state index in [-0.39, 0.29) is 11.9 Å². The summed E-state index contributed by atoms with van der Waals surface area (Å²) in [5.41, 5.74) is 2.09. The Balaban J connectivity index is 1.99. The first kappa shape index (κ1) is 13.2. The molecule has 0 fully saturated rings. The van der Waals surface area contributed by atoms with Gasteiger partial charge >= 0.3 is 0 Å². The highest BCUT2D eigenvalue weighted by atomic mass is 79.9. The smallest absolute Gasteiger partial charge is 0.124 e. The van der Waals surface area contributed by atoms with E-state index < -0.39 is 0 Å². The summed E-state index contributed by atoms with van der Waals surface area (Å²) in [4.78, 5) is 3.99. The molecule has 1 unspecified atom stereocenters. The van der Waals surface area contributed by atoms with E-state index in [1.54, 1.807) is 12.4 Å². The van der Waals surface area contributed by atoms with Crippen molar-refractivity contribution in [1.82, 2.24) is 10.3 Å². The van der Waals surface area contributed by atoms with Crippen LogP contribution < -0.4 is 5.32 Å². The van der Waals surface area contributed by atoms with Crippen molar-refractivity contribution < 1.29 is 4.39 Å². The van der Waals surface area contributed by atoms with Crippen LogP contribution in [0.25, 0.3) is 0 Å². The number of nitrogens with zero attached hydrogens (tertiary/aromatic N) is 1. The van der Waals surface area contributed by atoms with Crippen molar-refractivity contribution in [3.05, 3.63) is 64.1 Å². The molecule has 94 valence electrons. The number of nitrogens with one attached hydrogen (secondary N) is 1. The lowest BCUT2D eigenvalue weighted by Gasteiger charge is -2.14. The number of rotatable bonds is 4. The largest absolute Gasteiger partial charge is 0.306 e. The van der Waals surface area contributed by atoms with Crippen molar-refractivity contribution in [2.24, 2.45) is 0 Å². The summed E-state index contributed by atoms with van der Waals surface area (Å²) in [6.45, 7) is 2.70. The van der Waals surface area contributed by atoms with Crippen LogP contribution in [0.2, 0.25) is 0 Å². The Labute approximate surface area is 114 Å². The van der Waals surface area contributed by atoms with Gasteiger partial charge in [-0.15, -0.1) is 0 Å². The van der Waals surface area contributed by atoms with Crippen molar-refractivity contribution in [3.63, 3.8) is 0 Å². The Bertz CT molecular complexity index is 496. The zero-order chi connectivity index (χ0) is 13.0. The molecule has 0 bridgehead atoms. The van der Waals surface area contributed by atoms with Gasteiger partial charge in [0.1, 0.15) is 5.82 Å². The molecule has 2 rings (SSSR count). The number of halogens is 2. The summed E-state index contributed by atoms with van der Waals surface area (Å²) in [6.07, 6.45) is 3.54. The summed E-state index contributed by atoms with van der Waals surface area (Å²) in [5.74, 6) is -0.224. The molecule has 2 nitrogen and oxygen atoms in total. The third-order valence-corrected chi connectivity index (χ3v) is 3.20. The van der Waals surface area contributed by atoms with E-state index in [1.165, 1.54) is 17.7 Å². The summed E-state index contributed by atoms with van der Waals surface area (Å²) in [6, 6.07) is 9.05. The molecule has 0 aliphatic carbocycles. The predicted octanol–water partition coefficient (Wildman–Crippen LogP) is 3.83. The molecule has 1 aromatic carbocycles. The lowest BCUT2D eigenvalue weighted by Crippen LogP contribution is -2.18. The maximum Gasteiger partial charge on any atom is 0.124 e. The van der Waals surface area contributed by atoms with E-state index >= 15 is 0 Å². The minimum absolute atomic E-state index is 0.204. The van der Waals surface area contributed by atoms with Crippen LogP contribution in [-0.4, -0.2) is 4.98 Å². The molecule has 0 saturated heterocycles. The standard InChI is InChI=1S/C14H14BrFN2/c1-10(12-2-4-17-5-3-12)18-9-11-6-13(15)8-14(16)7-11/h2-8,10,18H,9H2,1H3. The molecule has 1 heterocycles. The fraction of sp³-hybridized carbons (Fsp3) is 0.214. The summed E-state index contributed by atoms with van der Waals surface area (Å²) in [7, 11) is 0. The second kappa shape index (κ2) is 6.07. The highest BCUT2D eigenvalue weighted by Crippen LogP contribution is 2.16. The fourth-order valence-electron chi connectivity index (χ4n) is 1.75. The van der Waals surface area contributed by atoms with Crippen LogP contribution in [0.15, 0.2) is 47.2 Å². The molecule has 0 aliphatic heterocycles. The molecular formula is C14H14BrFN2. The van der Waals surface area contributed by atoms with Gasteiger partial charge in [-0.3, -0.25) is 4.98 Å². The molecule has 1 atom stereocenters. The normalized spacial score (nSPS) is 12.4. The zero-order valence-corrected chi connectivity index (χ0v) is 11.6. The first-order valence-electron chi connectivity index (χ1n) is 5.73. The van der Waals surface area contributed by atoms with E-state index in [1.807, 2.05) is 18.2 Å². The third kappa shape index (κ3) is 3.62. The number of pyridine rings is 1. The number of hydrogen-bond acceptors (Lipinski definition) is 2.